The smallest absolute Gasteiger partial charge is 0.475 e. The van der Waals surface area contributed by atoms with Gasteiger partial charge in [-0.2, -0.15) is 18.3 Å². The van der Waals surface area contributed by atoms with Crippen molar-refractivity contribution in [1.82, 2.24) is 0 Å². The maximum atomic E-state index is 11.1. The molecular weight excluding hydrogens is 411 g/mol. The minimum absolute atomic E-state index is 0.417. The molecular formula is C22H18F3N3O3. The Kier molecular flexibility index (Phi) is 7.51. The molecule has 0 saturated heterocycles. The third-order valence-electron chi connectivity index (χ3n) is 4.02. The summed E-state index contributed by atoms with van der Waals surface area (Å²) in [6.07, 6.45) is 0.582. The normalized spacial score (nSPS) is 11.5. The van der Waals surface area contributed by atoms with E-state index in [1.165, 1.54) is 0 Å². The molecule has 6 nitrogen and oxygen atoms in total. The Morgan fingerprint density at radius 3 is 1.77 bits per heavy atom. The second-order valence-electron chi connectivity index (χ2n) is 6.27. The molecule has 0 aliphatic rings. The molecule has 0 unspecified atom stereocenters. The summed E-state index contributed by atoms with van der Waals surface area (Å²) in [5.74, 6) is 2.01. The van der Waals surface area contributed by atoms with Gasteiger partial charge in [0.1, 0.15) is 0 Å². The number of carboxylic acid groups (broad SMARTS) is 1. The van der Waals surface area contributed by atoms with Crippen LogP contribution in [-0.2, 0) is 4.79 Å². The van der Waals surface area contributed by atoms with Gasteiger partial charge in [-0.25, -0.2) is 4.79 Å². The number of primary amides is 1. The number of hydrogen-bond acceptors (Lipinski definition) is 4. The number of nitrogens with zero attached hydrogens (tertiary/aromatic N) is 1. The number of benzene rings is 3. The van der Waals surface area contributed by atoms with Gasteiger partial charge >= 0.3 is 12.1 Å². The van der Waals surface area contributed by atoms with Crippen LogP contribution in [-0.4, -0.2) is 29.4 Å². The minimum Gasteiger partial charge on any atom is -0.475 e. The summed E-state index contributed by atoms with van der Waals surface area (Å²) in [5, 5.41) is 13.0. The van der Waals surface area contributed by atoms with Crippen LogP contribution in [0.2, 0.25) is 0 Å². The van der Waals surface area contributed by atoms with Crippen molar-refractivity contribution in [1.29, 1.82) is 0 Å². The number of hydrogen-bond donors (Lipinski definition) is 3. The summed E-state index contributed by atoms with van der Waals surface area (Å²) < 4.78 is 31.7. The van der Waals surface area contributed by atoms with Gasteiger partial charge < -0.3 is 16.7 Å². The lowest BCUT2D eigenvalue weighted by Gasteiger charge is -2.02. The average molecular weight is 429 g/mol. The Morgan fingerprint density at radius 1 is 0.839 bits per heavy atom. The zero-order valence-electron chi connectivity index (χ0n) is 16.0. The number of fused-ring (bicyclic) bond motifs is 1. The van der Waals surface area contributed by atoms with Crippen LogP contribution in [0, 0.1) is 0 Å². The number of aliphatic carboxylic acids is 1. The molecule has 0 aliphatic carbocycles. The first-order valence-electron chi connectivity index (χ1n) is 8.75. The first kappa shape index (κ1) is 23.1. The van der Waals surface area contributed by atoms with Crippen LogP contribution in [0.3, 0.4) is 0 Å². The van der Waals surface area contributed by atoms with E-state index < -0.39 is 18.1 Å². The van der Waals surface area contributed by atoms with Gasteiger partial charge in [0, 0.05) is 5.56 Å². The molecule has 0 aliphatic heterocycles. The summed E-state index contributed by atoms with van der Waals surface area (Å²) in [6.45, 7) is 0. The Bertz CT molecular complexity index is 1140. The standard InChI is InChI=1S/C20H17N3O.C2HF3O2/c21-20(24)17-7-3-14(4-8-17)1-2-15-5-9-19-12-16(13-23-22)6-10-18(19)11-15;3-2(4,5)1(6)7/h1-13H,22H2,(H2,21,24);(H,6,7)/b2-1+,23-13-;. The van der Waals surface area contributed by atoms with Crippen LogP contribution < -0.4 is 11.6 Å². The second-order valence-corrected chi connectivity index (χ2v) is 6.27. The van der Waals surface area contributed by atoms with E-state index in [1.807, 2.05) is 42.5 Å². The fraction of sp³-hybridized carbons (Fsp3) is 0.0455. The monoisotopic (exact) mass is 429 g/mol. The number of carbonyl (C=O) groups excluding carboxylic acids is 1. The van der Waals surface area contributed by atoms with Crippen LogP contribution in [0.15, 0.2) is 65.8 Å². The van der Waals surface area contributed by atoms with E-state index >= 15 is 0 Å². The van der Waals surface area contributed by atoms with Crippen molar-refractivity contribution in [3.05, 3.63) is 82.9 Å². The molecule has 9 heteroatoms. The first-order valence-corrected chi connectivity index (χ1v) is 8.75. The third-order valence-corrected chi connectivity index (χ3v) is 4.02. The zero-order valence-corrected chi connectivity index (χ0v) is 16.0. The quantitative estimate of drug-likeness (QED) is 0.251. The highest BCUT2D eigenvalue weighted by molar-refractivity contribution is 5.93. The predicted octanol–water partition coefficient (Wildman–Crippen LogP) is 4.04. The van der Waals surface area contributed by atoms with Crippen molar-refractivity contribution in [3.8, 4) is 0 Å². The first-order chi connectivity index (χ1) is 14.6. The van der Waals surface area contributed by atoms with Crippen molar-refractivity contribution in [3.63, 3.8) is 0 Å². The fourth-order valence-electron chi connectivity index (χ4n) is 2.50. The van der Waals surface area contributed by atoms with Crippen molar-refractivity contribution < 1.29 is 27.9 Å². The van der Waals surface area contributed by atoms with E-state index in [0.29, 0.717) is 5.56 Å². The molecule has 31 heavy (non-hydrogen) atoms. The molecule has 0 aromatic heterocycles. The van der Waals surface area contributed by atoms with E-state index in [4.69, 9.17) is 21.5 Å². The Labute approximate surface area is 175 Å². The molecule has 160 valence electrons. The highest BCUT2D eigenvalue weighted by atomic mass is 19.4. The van der Waals surface area contributed by atoms with Crippen LogP contribution in [0.4, 0.5) is 13.2 Å². The van der Waals surface area contributed by atoms with E-state index in [-0.39, 0.29) is 0 Å². The van der Waals surface area contributed by atoms with Crippen LogP contribution in [0.5, 0.6) is 0 Å². The lowest BCUT2D eigenvalue weighted by atomic mass is 10.0. The SMILES string of the molecule is N/N=C\c1ccc2cc(/C=C/c3ccc(C(N)=O)cc3)ccc2c1.O=C(O)C(F)(F)F. The Balaban J connectivity index is 0.000000423. The topological polar surface area (TPSA) is 119 Å². The van der Waals surface area contributed by atoms with Crippen LogP contribution in [0.25, 0.3) is 22.9 Å². The molecule has 3 rings (SSSR count). The van der Waals surface area contributed by atoms with Gasteiger partial charge in [0.25, 0.3) is 0 Å². The zero-order chi connectivity index (χ0) is 23.0. The van der Waals surface area contributed by atoms with E-state index in [0.717, 1.165) is 27.5 Å². The molecule has 5 N–H and O–H groups in total. The summed E-state index contributed by atoms with van der Waals surface area (Å²) in [7, 11) is 0. The molecule has 0 atom stereocenters. The maximum absolute atomic E-state index is 11.1. The largest absolute Gasteiger partial charge is 0.490 e. The van der Waals surface area contributed by atoms with Gasteiger partial charge in [0.2, 0.25) is 5.91 Å². The Morgan fingerprint density at radius 2 is 1.29 bits per heavy atom. The minimum atomic E-state index is -5.08. The number of halogens is 3. The molecule has 0 heterocycles. The molecule has 3 aromatic carbocycles. The highest BCUT2D eigenvalue weighted by Crippen LogP contribution is 2.19. The molecule has 0 saturated carbocycles. The second kappa shape index (κ2) is 10.1. The average Bonchev–Trinajstić information content (AvgIpc) is 2.72. The molecule has 3 aromatic rings. The summed E-state index contributed by atoms with van der Waals surface area (Å²) in [5.41, 5.74) is 8.83. The van der Waals surface area contributed by atoms with Gasteiger partial charge in [0.05, 0.1) is 6.21 Å². The van der Waals surface area contributed by atoms with E-state index in [9.17, 15) is 18.0 Å². The number of hydrazone groups is 1. The number of amides is 1. The summed E-state index contributed by atoms with van der Waals surface area (Å²) in [6, 6.07) is 19.5. The van der Waals surface area contributed by atoms with Crippen molar-refractivity contribution in [2.24, 2.45) is 16.7 Å². The maximum Gasteiger partial charge on any atom is 0.490 e. The third kappa shape index (κ3) is 7.00. The number of nitrogens with two attached hydrogens (primary N) is 2. The molecule has 0 bridgehead atoms. The van der Waals surface area contributed by atoms with Crippen LogP contribution in [0.1, 0.15) is 27.0 Å². The van der Waals surface area contributed by atoms with Crippen LogP contribution >= 0.6 is 0 Å². The van der Waals surface area contributed by atoms with Crippen molar-refractivity contribution in [2.45, 2.75) is 6.18 Å². The predicted molar refractivity (Wildman–Crippen MR) is 113 cm³/mol. The highest BCUT2D eigenvalue weighted by Gasteiger charge is 2.38. The van der Waals surface area contributed by atoms with Crippen molar-refractivity contribution >= 4 is 41.0 Å². The number of alkyl halides is 3. The number of carbonyl (C=O) groups is 2. The molecule has 0 spiro atoms. The number of carboxylic acids is 1. The summed E-state index contributed by atoms with van der Waals surface area (Å²) >= 11 is 0. The van der Waals surface area contributed by atoms with E-state index in [1.54, 1.807) is 18.3 Å². The lowest BCUT2D eigenvalue weighted by Crippen LogP contribution is -2.21. The van der Waals surface area contributed by atoms with Crippen molar-refractivity contribution in [2.75, 3.05) is 0 Å². The molecule has 0 radical (unpaired) electrons. The van der Waals surface area contributed by atoms with Gasteiger partial charge in [-0.3, -0.25) is 4.79 Å². The van der Waals surface area contributed by atoms with Gasteiger partial charge in [-0.05, 0) is 51.7 Å². The number of rotatable bonds is 4. The van der Waals surface area contributed by atoms with Gasteiger partial charge in [-0.15, -0.1) is 0 Å². The van der Waals surface area contributed by atoms with E-state index in [2.05, 4.69) is 23.3 Å². The summed E-state index contributed by atoms with van der Waals surface area (Å²) in [4.78, 5) is 20.0. The Hall–Kier alpha value is -4.14. The fourth-order valence-corrected chi connectivity index (χ4v) is 2.50. The van der Waals surface area contributed by atoms with Gasteiger partial charge in [0.15, 0.2) is 0 Å². The molecule has 0 fully saturated rings. The van der Waals surface area contributed by atoms with Gasteiger partial charge in [-0.1, -0.05) is 48.6 Å². The lowest BCUT2D eigenvalue weighted by molar-refractivity contribution is -0.192. The molecule has 1 amide bonds.